The summed E-state index contributed by atoms with van der Waals surface area (Å²) in [6.07, 6.45) is 1.53. The molecule has 1 unspecified atom stereocenters. The maximum atomic E-state index is 11.7. The highest BCUT2D eigenvalue weighted by Gasteiger charge is 2.37. The van der Waals surface area contributed by atoms with E-state index in [-0.39, 0.29) is 5.92 Å². The van der Waals surface area contributed by atoms with Gasteiger partial charge in [0.05, 0.1) is 0 Å². The quantitative estimate of drug-likeness (QED) is 0.600. The average molecular weight is 267 g/mol. The standard InChI is InChI=1S/C11H13N3O5/c15-7-3-4-9(17)14(13-7)5-8(16)12-10(11(18)19)6-1-2-6/h3-4,6,10H,1-2,5H2,(H,12,16)(H,13,15)(H,18,19). The topological polar surface area (TPSA) is 121 Å². The number of hydrogen-bond donors (Lipinski definition) is 3. The lowest BCUT2D eigenvalue weighted by Crippen LogP contribution is -2.45. The molecule has 0 saturated heterocycles. The smallest absolute Gasteiger partial charge is 0.326 e. The predicted molar refractivity (Wildman–Crippen MR) is 63.6 cm³/mol. The molecule has 2 rings (SSSR count). The third-order valence-corrected chi connectivity index (χ3v) is 2.87. The lowest BCUT2D eigenvalue weighted by atomic mass is 10.2. The van der Waals surface area contributed by atoms with Crippen molar-refractivity contribution in [1.82, 2.24) is 15.1 Å². The third-order valence-electron chi connectivity index (χ3n) is 2.87. The van der Waals surface area contributed by atoms with Crippen LogP contribution in [-0.2, 0) is 16.1 Å². The van der Waals surface area contributed by atoms with Gasteiger partial charge in [0.2, 0.25) is 5.91 Å². The van der Waals surface area contributed by atoms with Gasteiger partial charge in [-0.3, -0.25) is 19.5 Å². The van der Waals surface area contributed by atoms with Crippen molar-refractivity contribution in [3.63, 3.8) is 0 Å². The molecule has 1 saturated carbocycles. The van der Waals surface area contributed by atoms with Crippen LogP contribution in [0.2, 0.25) is 0 Å². The molecule has 19 heavy (non-hydrogen) atoms. The Balaban J connectivity index is 2.04. The molecule has 1 aliphatic carbocycles. The second kappa shape index (κ2) is 5.09. The van der Waals surface area contributed by atoms with Crippen LogP contribution >= 0.6 is 0 Å². The molecule has 1 amide bonds. The zero-order valence-corrected chi connectivity index (χ0v) is 9.96. The second-order valence-electron chi connectivity index (χ2n) is 4.45. The van der Waals surface area contributed by atoms with Crippen molar-refractivity contribution in [1.29, 1.82) is 0 Å². The van der Waals surface area contributed by atoms with Crippen LogP contribution in [0.5, 0.6) is 0 Å². The Hall–Kier alpha value is -2.38. The fraction of sp³-hybridized carbons (Fsp3) is 0.455. The lowest BCUT2D eigenvalue weighted by Gasteiger charge is -2.13. The van der Waals surface area contributed by atoms with Gasteiger partial charge in [-0.1, -0.05) is 0 Å². The summed E-state index contributed by atoms with van der Waals surface area (Å²) in [6, 6.07) is 1.17. The molecule has 1 aliphatic rings. The number of carbonyl (C=O) groups excluding carboxylic acids is 1. The van der Waals surface area contributed by atoms with Crippen LogP contribution in [0.25, 0.3) is 0 Å². The van der Waals surface area contributed by atoms with Crippen LogP contribution in [0.4, 0.5) is 0 Å². The summed E-state index contributed by atoms with van der Waals surface area (Å²) in [5.74, 6) is -1.76. The molecule has 0 aliphatic heterocycles. The van der Waals surface area contributed by atoms with Gasteiger partial charge in [0, 0.05) is 12.1 Å². The molecular weight excluding hydrogens is 254 g/mol. The van der Waals surface area contributed by atoms with Crippen molar-refractivity contribution >= 4 is 11.9 Å². The van der Waals surface area contributed by atoms with Crippen molar-refractivity contribution in [2.24, 2.45) is 5.92 Å². The molecular formula is C11H13N3O5. The first kappa shape index (κ1) is 13.1. The van der Waals surface area contributed by atoms with Crippen molar-refractivity contribution in [3.05, 3.63) is 32.8 Å². The highest BCUT2D eigenvalue weighted by atomic mass is 16.4. The van der Waals surface area contributed by atoms with Crippen LogP contribution in [0.3, 0.4) is 0 Å². The van der Waals surface area contributed by atoms with E-state index in [0.29, 0.717) is 0 Å². The number of aromatic amines is 1. The number of carbonyl (C=O) groups is 2. The van der Waals surface area contributed by atoms with E-state index >= 15 is 0 Å². The van der Waals surface area contributed by atoms with Crippen molar-refractivity contribution in [2.45, 2.75) is 25.4 Å². The normalized spacial score (nSPS) is 15.8. The average Bonchev–Trinajstić information content (AvgIpc) is 3.14. The van der Waals surface area contributed by atoms with E-state index in [1.165, 1.54) is 0 Å². The van der Waals surface area contributed by atoms with E-state index in [0.717, 1.165) is 29.7 Å². The number of carboxylic acid groups (broad SMARTS) is 1. The molecule has 0 aromatic carbocycles. The number of amides is 1. The van der Waals surface area contributed by atoms with Crippen LogP contribution in [0, 0.1) is 5.92 Å². The Kier molecular flexibility index (Phi) is 3.50. The minimum Gasteiger partial charge on any atom is -0.480 e. The molecule has 1 aromatic heterocycles. The van der Waals surface area contributed by atoms with Crippen LogP contribution < -0.4 is 16.4 Å². The Labute approximate surface area is 107 Å². The second-order valence-corrected chi connectivity index (χ2v) is 4.45. The number of nitrogens with zero attached hydrogens (tertiary/aromatic N) is 1. The largest absolute Gasteiger partial charge is 0.480 e. The van der Waals surface area contributed by atoms with Crippen LogP contribution in [0.1, 0.15) is 12.8 Å². The van der Waals surface area contributed by atoms with E-state index in [4.69, 9.17) is 5.11 Å². The number of hydrogen-bond acceptors (Lipinski definition) is 4. The molecule has 102 valence electrons. The van der Waals surface area contributed by atoms with E-state index in [1.54, 1.807) is 0 Å². The van der Waals surface area contributed by atoms with Crippen LogP contribution in [0.15, 0.2) is 21.7 Å². The molecule has 1 atom stereocenters. The van der Waals surface area contributed by atoms with E-state index in [9.17, 15) is 19.2 Å². The third kappa shape index (κ3) is 3.30. The summed E-state index contributed by atoms with van der Waals surface area (Å²) < 4.78 is 0.837. The Morgan fingerprint density at radius 3 is 2.68 bits per heavy atom. The number of H-pyrrole nitrogens is 1. The number of rotatable bonds is 5. The highest BCUT2D eigenvalue weighted by molar-refractivity contribution is 5.83. The zero-order valence-electron chi connectivity index (χ0n) is 9.96. The van der Waals surface area contributed by atoms with Gasteiger partial charge in [-0.15, -0.1) is 0 Å². The molecule has 8 heteroatoms. The fourth-order valence-electron chi connectivity index (χ4n) is 1.75. The molecule has 0 radical (unpaired) electrons. The summed E-state index contributed by atoms with van der Waals surface area (Å²) in [7, 11) is 0. The SMILES string of the molecule is O=C(Cn1[nH]c(=O)ccc1=O)NC(C(=O)O)C1CC1. The van der Waals surface area contributed by atoms with Gasteiger partial charge in [0.1, 0.15) is 12.6 Å². The molecule has 3 N–H and O–H groups in total. The summed E-state index contributed by atoms with van der Waals surface area (Å²) in [5.41, 5.74) is -1.04. The number of carboxylic acids is 1. The van der Waals surface area contributed by atoms with Gasteiger partial charge in [-0.2, -0.15) is 0 Å². The van der Waals surface area contributed by atoms with Gasteiger partial charge in [-0.05, 0) is 18.8 Å². The lowest BCUT2D eigenvalue weighted by molar-refractivity contribution is -0.142. The first-order chi connectivity index (χ1) is 8.97. The van der Waals surface area contributed by atoms with Gasteiger partial charge in [0.25, 0.3) is 11.1 Å². The maximum Gasteiger partial charge on any atom is 0.326 e. The van der Waals surface area contributed by atoms with E-state index in [1.807, 2.05) is 0 Å². The monoisotopic (exact) mass is 267 g/mol. The van der Waals surface area contributed by atoms with Gasteiger partial charge < -0.3 is 10.4 Å². The summed E-state index contributed by atoms with van der Waals surface area (Å²) >= 11 is 0. The Morgan fingerprint density at radius 1 is 1.42 bits per heavy atom. The Bertz CT molecular complexity index is 613. The van der Waals surface area contributed by atoms with Crippen LogP contribution in [-0.4, -0.2) is 32.8 Å². The fourth-order valence-corrected chi connectivity index (χ4v) is 1.75. The molecule has 0 bridgehead atoms. The minimum absolute atomic E-state index is 0.0482. The first-order valence-corrected chi connectivity index (χ1v) is 5.79. The summed E-state index contributed by atoms with van der Waals surface area (Å²) in [5, 5.41) is 13.5. The van der Waals surface area contributed by atoms with Crippen molar-refractivity contribution in [2.75, 3.05) is 0 Å². The van der Waals surface area contributed by atoms with Crippen molar-refractivity contribution < 1.29 is 14.7 Å². The van der Waals surface area contributed by atoms with Gasteiger partial charge in [0.15, 0.2) is 0 Å². The van der Waals surface area contributed by atoms with Crippen molar-refractivity contribution in [3.8, 4) is 0 Å². The number of aliphatic carboxylic acids is 1. The minimum atomic E-state index is -1.09. The summed E-state index contributed by atoms with van der Waals surface area (Å²) in [6.45, 7) is -0.411. The highest BCUT2D eigenvalue weighted by Crippen LogP contribution is 2.32. The summed E-state index contributed by atoms with van der Waals surface area (Å²) in [4.78, 5) is 45.0. The maximum absolute atomic E-state index is 11.7. The van der Waals surface area contributed by atoms with Gasteiger partial charge >= 0.3 is 5.97 Å². The number of nitrogens with one attached hydrogen (secondary N) is 2. The molecule has 1 aromatic rings. The first-order valence-electron chi connectivity index (χ1n) is 5.79. The molecule has 1 heterocycles. The Morgan fingerprint density at radius 2 is 2.11 bits per heavy atom. The predicted octanol–water partition coefficient (Wildman–Crippen LogP) is -1.48. The molecule has 0 spiro atoms. The van der Waals surface area contributed by atoms with Gasteiger partial charge in [-0.25, -0.2) is 9.48 Å². The zero-order chi connectivity index (χ0) is 14.0. The molecule has 8 nitrogen and oxygen atoms in total. The number of aromatic nitrogens is 2. The van der Waals surface area contributed by atoms with E-state index < -0.39 is 35.6 Å². The molecule has 1 fully saturated rings. The van der Waals surface area contributed by atoms with E-state index in [2.05, 4.69) is 10.4 Å².